The molecular formula is C16H22N2O4. The number of likely N-dealkylation sites (N-methyl/N-ethyl adjacent to an activating group) is 1. The number of carbonyl (C=O) groups is 3. The second-order valence-corrected chi connectivity index (χ2v) is 5.22. The van der Waals surface area contributed by atoms with E-state index in [4.69, 9.17) is 5.11 Å². The molecule has 0 aliphatic rings. The van der Waals surface area contributed by atoms with E-state index >= 15 is 0 Å². The van der Waals surface area contributed by atoms with E-state index in [0.717, 1.165) is 5.56 Å². The van der Waals surface area contributed by atoms with Gasteiger partial charge in [0.15, 0.2) is 0 Å². The van der Waals surface area contributed by atoms with Crippen molar-refractivity contribution in [3.63, 3.8) is 0 Å². The van der Waals surface area contributed by atoms with Gasteiger partial charge < -0.3 is 15.3 Å². The van der Waals surface area contributed by atoms with Gasteiger partial charge in [-0.1, -0.05) is 29.8 Å². The monoisotopic (exact) mass is 306 g/mol. The number of hydrogen-bond donors (Lipinski definition) is 2. The van der Waals surface area contributed by atoms with Crippen molar-refractivity contribution in [2.24, 2.45) is 0 Å². The number of carboxylic acid groups (broad SMARTS) is 1. The first kappa shape index (κ1) is 17.7. The molecule has 6 nitrogen and oxygen atoms in total. The molecule has 0 aromatic heterocycles. The Hall–Kier alpha value is -2.37. The van der Waals surface area contributed by atoms with Crippen LogP contribution in [0.1, 0.15) is 24.0 Å². The quantitative estimate of drug-likeness (QED) is 0.749. The number of nitrogens with one attached hydrogen (secondary N) is 1. The molecule has 0 aliphatic carbocycles. The Balaban J connectivity index is 2.26. The fourth-order valence-electron chi connectivity index (χ4n) is 1.80. The lowest BCUT2D eigenvalue weighted by Crippen LogP contribution is -2.39. The third kappa shape index (κ3) is 6.88. The number of nitrogens with zero attached hydrogens (tertiary/aromatic N) is 1. The van der Waals surface area contributed by atoms with E-state index in [1.165, 1.54) is 17.5 Å². The van der Waals surface area contributed by atoms with Crippen LogP contribution >= 0.6 is 0 Å². The highest BCUT2D eigenvalue weighted by Crippen LogP contribution is 2.05. The van der Waals surface area contributed by atoms with Crippen LogP contribution in [-0.2, 0) is 20.8 Å². The summed E-state index contributed by atoms with van der Waals surface area (Å²) in [5, 5.41) is 11.1. The second kappa shape index (κ2) is 8.81. The van der Waals surface area contributed by atoms with Gasteiger partial charge in [0.25, 0.3) is 0 Å². The lowest BCUT2D eigenvalue weighted by atomic mass is 10.1. The van der Waals surface area contributed by atoms with Gasteiger partial charge in [-0.2, -0.15) is 0 Å². The number of carboxylic acids is 1. The Bertz CT molecular complexity index is 525. The van der Waals surface area contributed by atoms with E-state index in [9.17, 15) is 14.4 Å². The molecular weight excluding hydrogens is 284 g/mol. The minimum Gasteiger partial charge on any atom is -0.481 e. The maximum Gasteiger partial charge on any atom is 0.305 e. The minimum absolute atomic E-state index is 0.108. The number of aliphatic carboxylic acids is 1. The van der Waals surface area contributed by atoms with Crippen LogP contribution in [0.4, 0.5) is 0 Å². The Morgan fingerprint density at radius 2 is 1.77 bits per heavy atom. The number of rotatable bonds is 8. The van der Waals surface area contributed by atoms with E-state index in [-0.39, 0.29) is 31.3 Å². The van der Waals surface area contributed by atoms with Crippen LogP contribution in [0.15, 0.2) is 24.3 Å². The Labute approximate surface area is 130 Å². The number of amides is 2. The molecule has 0 saturated heterocycles. The van der Waals surface area contributed by atoms with Crippen molar-refractivity contribution in [2.45, 2.75) is 26.2 Å². The van der Waals surface area contributed by atoms with E-state index in [1.807, 2.05) is 31.2 Å². The smallest absolute Gasteiger partial charge is 0.305 e. The highest BCUT2D eigenvalue weighted by molar-refractivity contribution is 5.84. The topological polar surface area (TPSA) is 86.7 Å². The minimum atomic E-state index is -0.957. The molecule has 6 heteroatoms. The molecule has 0 saturated carbocycles. The molecule has 0 heterocycles. The van der Waals surface area contributed by atoms with Crippen LogP contribution in [0, 0.1) is 6.92 Å². The molecule has 2 amide bonds. The first-order chi connectivity index (χ1) is 10.4. The van der Waals surface area contributed by atoms with Crippen molar-refractivity contribution in [1.29, 1.82) is 0 Å². The SMILES string of the molecule is Cc1ccc(CCC(=O)NCC(=O)N(C)CCC(=O)O)cc1. The number of aryl methyl sites for hydroxylation is 2. The van der Waals surface area contributed by atoms with Crippen LogP contribution in [0.5, 0.6) is 0 Å². The largest absolute Gasteiger partial charge is 0.481 e. The Morgan fingerprint density at radius 1 is 1.14 bits per heavy atom. The summed E-state index contributed by atoms with van der Waals surface area (Å²) in [4.78, 5) is 35.1. The first-order valence-electron chi connectivity index (χ1n) is 7.16. The van der Waals surface area contributed by atoms with Gasteiger partial charge in [0.05, 0.1) is 13.0 Å². The fraction of sp³-hybridized carbons (Fsp3) is 0.438. The summed E-state index contributed by atoms with van der Waals surface area (Å²) in [6, 6.07) is 7.95. The zero-order chi connectivity index (χ0) is 16.5. The molecule has 120 valence electrons. The summed E-state index contributed by atoms with van der Waals surface area (Å²) in [5.41, 5.74) is 2.24. The standard InChI is InChI=1S/C16H22N2O4/c1-12-3-5-13(6-4-12)7-8-14(19)17-11-15(20)18(2)10-9-16(21)22/h3-6H,7-11H2,1-2H3,(H,17,19)(H,21,22). The number of hydrogen-bond acceptors (Lipinski definition) is 3. The number of carbonyl (C=O) groups excluding carboxylic acids is 2. The van der Waals surface area contributed by atoms with Crippen molar-refractivity contribution in [1.82, 2.24) is 10.2 Å². The van der Waals surface area contributed by atoms with Gasteiger partial charge in [-0.05, 0) is 18.9 Å². The van der Waals surface area contributed by atoms with E-state index < -0.39 is 5.97 Å². The zero-order valence-electron chi connectivity index (χ0n) is 13.0. The van der Waals surface area contributed by atoms with Crippen molar-refractivity contribution in [2.75, 3.05) is 20.1 Å². The summed E-state index contributed by atoms with van der Waals surface area (Å²) < 4.78 is 0. The summed E-state index contributed by atoms with van der Waals surface area (Å²) in [7, 11) is 1.52. The van der Waals surface area contributed by atoms with Gasteiger partial charge >= 0.3 is 5.97 Å². The van der Waals surface area contributed by atoms with Gasteiger partial charge in [0.1, 0.15) is 0 Å². The van der Waals surface area contributed by atoms with Crippen LogP contribution in [-0.4, -0.2) is 47.9 Å². The van der Waals surface area contributed by atoms with Gasteiger partial charge in [-0.25, -0.2) is 0 Å². The molecule has 0 bridgehead atoms. The lowest BCUT2D eigenvalue weighted by molar-refractivity contribution is -0.138. The summed E-state index contributed by atoms with van der Waals surface area (Å²) in [6.07, 6.45) is 0.827. The first-order valence-corrected chi connectivity index (χ1v) is 7.16. The van der Waals surface area contributed by atoms with Gasteiger partial charge in [-0.15, -0.1) is 0 Å². The van der Waals surface area contributed by atoms with E-state index in [2.05, 4.69) is 5.32 Å². The summed E-state index contributed by atoms with van der Waals surface area (Å²) in [5.74, 6) is -1.45. The number of benzene rings is 1. The molecule has 1 aromatic rings. The van der Waals surface area contributed by atoms with Crippen molar-refractivity contribution >= 4 is 17.8 Å². The molecule has 22 heavy (non-hydrogen) atoms. The highest BCUT2D eigenvalue weighted by atomic mass is 16.4. The van der Waals surface area contributed by atoms with Gasteiger partial charge in [-0.3, -0.25) is 14.4 Å². The normalized spacial score (nSPS) is 10.1. The molecule has 0 fully saturated rings. The predicted molar refractivity (Wildman–Crippen MR) is 82.4 cm³/mol. The molecule has 0 unspecified atom stereocenters. The van der Waals surface area contributed by atoms with Crippen molar-refractivity contribution in [3.05, 3.63) is 35.4 Å². The molecule has 2 N–H and O–H groups in total. The third-order valence-corrected chi connectivity index (χ3v) is 3.28. The Morgan fingerprint density at radius 3 is 2.36 bits per heavy atom. The molecule has 0 aliphatic heterocycles. The maximum atomic E-state index is 11.7. The van der Waals surface area contributed by atoms with E-state index in [1.54, 1.807) is 0 Å². The molecule has 0 atom stereocenters. The summed E-state index contributed by atoms with van der Waals surface area (Å²) in [6.45, 7) is 2.03. The van der Waals surface area contributed by atoms with E-state index in [0.29, 0.717) is 12.8 Å². The van der Waals surface area contributed by atoms with Crippen molar-refractivity contribution < 1.29 is 19.5 Å². The summed E-state index contributed by atoms with van der Waals surface area (Å²) >= 11 is 0. The molecule has 0 spiro atoms. The molecule has 1 rings (SSSR count). The van der Waals surface area contributed by atoms with Crippen LogP contribution in [0.3, 0.4) is 0 Å². The van der Waals surface area contributed by atoms with Gasteiger partial charge in [0.2, 0.25) is 11.8 Å². The van der Waals surface area contributed by atoms with Crippen LogP contribution in [0.25, 0.3) is 0 Å². The molecule has 1 aromatic carbocycles. The second-order valence-electron chi connectivity index (χ2n) is 5.22. The fourth-order valence-corrected chi connectivity index (χ4v) is 1.80. The van der Waals surface area contributed by atoms with Crippen molar-refractivity contribution in [3.8, 4) is 0 Å². The Kier molecular flexibility index (Phi) is 7.08. The molecule has 0 radical (unpaired) electrons. The van der Waals surface area contributed by atoms with Crippen LogP contribution < -0.4 is 5.32 Å². The maximum absolute atomic E-state index is 11.7. The predicted octanol–water partition coefficient (Wildman–Crippen LogP) is 0.977. The average molecular weight is 306 g/mol. The average Bonchev–Trinajstić information content (AvgIpc) is 2.49. The van der Waals surface area contributed by atoms with Gasteiger partial charge in [0, 0.05) is 20.0 Å². The zero-order valence-corrected chi connectivity index (χ0v) is 13.0. The third-order valence-electron chi connectivity index (χ3n) is 3.28. The highest BCUT2D eigenvalue weighted by Gasteiger charge is 2.11. The lowest BCUT2D eigenvalue weighted by Gasteiger charge is -2.16. The van der Waals surface area contributed by atoms with Crippen LogP contribution in [0.2, 0.25) is 0 Å².